The lowest BCUT2D eigenvalue weighted by Gasteiger charge is -2.30. The molecule has 2 aromatic carbocycles. The fraction of sp³-hybridized carbons (Fsp3) is 0.250. The van der Waals surface area contributed by atoms with Crippen molar-refractivity contribution in [1.82, 2.24) is 24.4 Å². The summed E-state index contributed by atoms with van der Waals surface area (Å²) >= 11 is 0. The molecule has 0 unspecified atom stereocenters. The second kappa shape index (κ2) is 12.1. The summed E-state index contributed by atoms with van der Waals surface area (Å²) in [5.74, 6) is 1.09. The molecule has 6 rings (SSSR count). The van der Waals surface area contributed by atoms with Gasteiger partial charge in [0, 0.05) is 30.0 Å². The average molecular weight is 531 g/mol. The van der Waals surface area contributed by atoms with Gasteiger partial charge in [-0.2, -0.15) is 5.26 Å². The number of pyridine rings is 2. The van der Waals surface area contributed by atoms with Crippen LogP contribution in [0, 0.1) is 11.3 Å². The first-order valence-electron chi connectivity index (χ1n) is 13.8. The SMILES string of the molecule is CC.N#Cc1cccc(-c2ccc3nc(-c4cccnc4N)n(-c4ccc(CN5CCC(N)CC5)cc4)c3n2)c1. The Balaban J connectivity index is 0.00000158. The zero-order valence-corrected chi connectivity index (χ0v) is 23.0. The second-order valence-corrected chi connectivity index (χ2v) is 9.72. The number of rotatable bonds is 5. The summed E-state index contributed by atoms with van der Waals surface area (Å²) in [4.78, 5) is 16.7. The topological polar surface area (TPSA) is 123 Å². The smallest absolute Gasteiger partial charge is 0.165 e. The van der Waals surface area contributed by atoms with E-state index in [0.717, 1.165) is 60.5 Å². The zero-order chi connectivity index (χ0) is 28.1. The van der Waals surface area contributed by atoms with Crippen molar-refractivity contribution < 1.29 is 0 Å². The largest absolute Gasteiger partial charge is 0.383 e. The minimum absolute atomic E-state index is 0.321. The number of aromatic nitrogens is 4. The van der Waals surface area contributed by atoms with Crippen molar-refractivity contribution in [3.63, 3.8) is 0 Å². The number of hydrogen-bond donors (Lipinski definition) is 2. The summed E-state index contributed by atoms with van der Waals surface area (Å²) < 4.78 is 2.03. The number of fused-ring (bicyclic) bond motifs is 1. The van der Waals surface area contributed by atoms with Gasteiger partial charge in [0.1, 0.15) is 11.3 Å². The molecule has 1 saturated heterocycles. The lowest BCUT2D eigenvalue weighted by Crippen LogP contribution is -2.39. The molecule has 5 aromatic rings. The summed E-state index contributed by atoms with van der Waals surface area (Å²) in [6, 6.07) is 26.2. The van der Waals surface area contributed by atoms with E-state index in [1.54, 1.807) is 12.3 Å². The Labute approximate surface area is 234 Å². The van der Waals surface area contributed by atoms with E-state index in [-0.39, 0.29) is 0 Å². The van der Waals surface area contributed by atoms with E-state index in [1.807, 2.05) is 60.9 Å². The molecule has 40 heavy (non-hydrogen) atoms. The van der Waals surface area contributed by atoms with Crippen molar-refractivity contribution in [2.45, 2.75) is 39.3 Å². The highest BCUT2D eigenvalue weighted by molar-refractivity contribution is 5.84. The van der Waals surface area contributed by atoms with E-state index in [4.69, 9.17) is 21.4 Å². The Kier molecular flexibility index (Phi) is 8.15. The van der Waals surface area contributed by atoms with Gasteiger partial charge >= 0.3 is 0 Å². The Hall–Kier alpha value is -4.58. The van der Waals surface area contributed by atoms with Crippen LogP contribution in [0.15, 0.2) is 79.0 Å². The third-order valence-corrected chi connectivity index (χ3v) is 7.10. The van der Waals surface area contributed by atoms with Crippen molar-refractivity contribution in [2.24, 2.45) is 5.73 Å². The van der Waals surface area contributed by atoms with Crippen LogP contribution in [0.1, 0.15) is 37.8 Å². The normalized spacial score (nSPS) is 13.9. The summed E-state index contributed by atoms with van der Waals surface area (Å²) in [5.41, 5.74) is 19.0. The maximum Gasteiger partial charge on any atom is 0.165 e. The molecule has 1 fully saturated rings. The molecule has 0 aliphatic carbocycles. The Bertz CT molecular complexity index is 1640. The van der Waals surface area contributed by atoms with Gasteiger partial charge in [-0.15, -0.1) is 0 Å². The molecule has 0 radical (unpaired) electrons. The first-order chi connectivity index (χ1) is 19.6. The number of likely N-dealkylation sites (tertiary alicyclic amines) is 1. The number of hydrogen-bond acceptors (Lipinski definition) is 7. The predicted octanol–water partition coefficient (Wildman–Crippen LogP) is 5.55. The average Bonchev–Trinajstić information content (AvgIpc) is 3.38. The summed E-state index contributed by atoms with van der Waals surface area (Å²) in [7, 11) is 0. The van der Waals surface area contributed by atoms with Gasteiger partial charge in [0.2, 0.25) is 0 Å². The molecule has 1 aliphatic heterocycles. The van der Waals surface area contributed by atoms with Crippen molar-refractivity contribution in [3.05, 3.63) is 90.1 Å². The van der Waals surface area contributed by atoms with Crippen LogP contribution in [0.4, 0.5) is 5.82 Å². The van der Waals surface area contributed by atoms with Crippen LogP contribution < -0.4 is 11.5 Å². The van der Waals surface area contributed by atoms with Crippen molar-refractivity contribution in [2.75, 3.05) is 18.8 Å². The molecule has 3 aromatic heterocycles. The highest BCUT2D eigenvalue weighted by Crippen LogP contribution is 2.32. The van der Waals surface area contributed by atoms with Crippen LogP contribution in [0.2, 0.25) is 0 Å². The van der Waals surface area contributed by atoms with Gasteiger partial charge in [-0.1, -0.05) is 38.1 Å². The van der Waals surface area contributed by atoms with E-state index >= 15 is 0 Å². The van der Waals surface area contributed by atoms with E-state index in [2.05, 4.69) is 40.2 Å². The number of benzene rings is 2. The van der Waals surface area contributed by atoms with Gasteiger partial charge in [0.15, 0.2) is 11.5 Å². The zero-order valence-electron chi connectivity index (χ0n) is 23.0. The standard InChI is InChI=1S/C30H28N8.C2H6/c31-18-21-3-1-4-22(17-21)26-10-11-27-30(35-26)38(29(36-27)25-5-2-14-34-28(25)33)24-8-6-20(7-9-24)19-37-15-12-23(32)13-16-37;1-2/h1-11,14,17,23H,12-13,15-16,19,32H2,(H2,33,34);1-2H3. The highest BCUT2D eigenvalue weighted by atomic mass is 15.1. The minimum atomic E-state index is 0.321. The van der Waals surface area contributed by atoms with Crippen molar-refractivity contribution >= 4 is 17.0 Å². The van der Waals surface area contributed by atoms with E-state index in [1.165, 1.54) is 5.56 Å². The number of anilines is 1. The van der Waals surface area contributed by atoms with Crippen molar-refractivity contribution in [3.8, 4) is 34.4 Å². The minimum Gasteiger partial charge on any atom is -0.383 e. The molecule has 0 spiro atoms. The Morgan fingerprint density at radius 2 is 1.73 bits per heavy atom. The number of nitriles is 1. The van der Waals surface area contributed by atoms with Crippen LogP contribution in [0.3, 0.4) is 0 Å². The first kappa shape index (κ1) is 27.0. The van der Waals surface area contributed by atoms with Gasteiger partial charge in [-0.3, -0.25) is 9.47 Å². The van der Waals surface area contributed by atoms with E-state index in [0.29, 0.717) is 28.9 Å². The van der Waals surface area contributed by atoms with Gasteiger partial charge in [0.25, 0.3) is 0 Å². The summed E-state index contributed by atoms with van der Waals surface area (Å²) in [6.45, 7) is 6.95. The molecule has 0 saturated carbocycles. The Morgan fingerprint density at radius 3 is 2.45 bits per heavy atom. The maximum absolute atomic E-state index is 9.36. The number of piperidine rings is 1. The molecule has 202 valence electrons. The monoisotopic (exact) mass is 530 g/mol. The quantitative estimate of drug-likeness (QED) is 0.305. The molecule has 8 nitrogen and oxygen atoms in total. The molecule has 4 heterocycles. The molecule has 0 bridgehead atoms. The van der Waals surface area contributed by atoms with Gasteiger partial charge in [-0.25, -0.2) is 15.0 Å². The lowest BCUT2D eigenvalue weighted by molar-refractivity contribution is 0.205. The highest BCUT2D eigenvalue weighted by Gasteiger charge is 2.20. The Morgan fingerprint density at radius 1 is 0.950 bits per heavy atom. The molecule has 8 heteroatoms. The van der Waals surface area contributed by atoms with Crippen LogP contribution in [0.5, 0.6) is 0 Å². The second-order valence-electron chi connectivity index (χ2n) is 9.72. The molecule has 0 amide bonds. The fourth-order valence-electron chi connectivity index (χ4n) is 5.02. The van der Waals surface area contributed by atoms with E-state index in [9.17, 15) is 5.26 Å². The predicted molar refractivity (Wildman–Crippen MR) is 160 cm³/mol. The van der Waals surface area contributed by atoms with Gasteiger partial charge < -0.3 is 11.5 Å². The van der Waals surface area contributed by atoms with Gasteiger partial charge in [-0.05, 0) is 80.0 Å². The van der Waals surface area contributed by atoms with Crippen LogP contribution in [-0.4, -0.2) is 43.6 Å². The molecule has 0 atom stereocenters. The number of imidazole rings is 1. The molecule has 1 aliphatic rings. The van der Waals surface area contributed by atoms with Crippen molar-refractivity contribution in [1.29, 1.82) is 5.26 Å². The van der Waals surface area contributed by atoms with Crippen LogP contribution >= 0.6 is 0 Å². The third-order valence-electron chi connectivity index (χ3n) is 7.10. The molecule has 4 N–H and O–H groups in total. The lowest BCUT2D eigenvalue weighted by atomic mass is 10.1. The molecular weight excluding hydrogens is 496 g/mol. The maximum atomic E-state index is 9.36. The number of nitrogens with zero attached hydrogens (tertiary/aromatic N) is 6. The first-order valence-corrected chi connectivity index (χ1v) is 13.8. The third kappa shape index (κ3) is 5.57. The number of nitrogen functional groups attached to an aromatic ring is 1. The summed E-state index contributed by atoms with van der Waals surface area (Å²) in [6.07, 6.45) is 3.76. The van der Waals surface area contributed by atoms with Crippen LogP contribution in [-0.2, 0) is 6.54 Å². The summed E-state index contributed by atoms with van der Waals surface area (Å²) in [5, 5.41) is 9.36. The van der Waals surface area contributed by atoms with E-state index < -0.39 is 0 Å². The molecular formula is C32H34N8. The van der Waals surface area contributed by atoms with Crippen LogP contribution in [0.25, 0.3) is 39.5 Å². The number of nitrogens with two attached hydrogens (primary N) is 2. The van der Waals surface area contributed by atoms with Gasteiger partial charge in [0.05, 0.1) is 22.9 Å². The fourth-order valence-corrected chi connectivity index (χ4v) is 5.02.